The van der Waals surface area contributed by atoms with E-state index in [1.807, 2.05) is 0 Å². The van der Waals surface area contributed by atoms with Gasteiger partial charge in [-0.05, 0) is 118 Å². The van der Waals surface area contributed by atoms with E-state index in [4.69, 9.17) is 0 Å². The molecule has 0 atom stereocenters. The third-order valence-corrected chi connectivity index (χ3v) is 11.3. The summed E-state index contributed by atoms with van der Waals surface area (Å²) in [6, 6.07) is 58.1. The molecule has 0 N–H and O–H groups in total. The number of hydrogen-bond donors (Lipinski definition) is 0. The molecule has 1 aromatic heterocycles. The van der Waals surface area contributed by atoms with Gasteiger partial charge in [-0.2, -0.15) is 0 Å². The van der Waals surface area contributed by atoms with Gasteiger partial charge < -0.3 is 9.47 Å². The zero-order chi connectivity index (χ0) is 34.1. The van der Waals surface area contributed by atoms with E-state index >= 15 is 0 Å². The van der Waals surface area contributed by atoms with Crippen LogP contribution in [0.25, 0.3) is 55.0 Å². The molecule has 2 aliphatic rings. The molecule has 0 fully saturated rings. The lowest BCUT2D eigenvalue weighted by Crippen LogP contribution is -2.20. The maximum Gasteiger partial charge on any atom is 0.0541 e. The standard InChI is InChI=1S/C49H38N2/c1-49(2)45-31-39(50(37-14-4-3-5-15-37)38-24-22-34(23-25-38)36-21-20-33-12-6-7-13-35(33)30-36)26-28-41(45)42-29-27-40(32-46(42)49)51-47-18-10-8-16-43(47)44-17-9-11-19-48(44)51/h3-22,24,26-32H,23,25H2,1-2H3. The molecule has 0 spiro atoms. The predicted octanol–water partition coefficient (Wildman–Crippen LogP) is 13.1. The minimum atomic E-state index is -0.165. The highest BCUT2D eigenvalue weighted by Gasteiger charge is 2.36. The molecule has 0 saturated heterocycles. The summed E-state index contributed by atoms with van der Waals surface area (Å²) in [7, 11) is 0. The van der Waals surface area contributed by atoms with Crippen LogP contribution in [0.4, 0.5) is 11.4 Å². The highest BCUT2D eigenvalue weighted by atomic mass is 15.1. The van der Waals surface area contributed by atoms with E-state index in [1.165, 1.54) is 88.7 Å². The number of aromatic nitrogens is 1. The first-order valence-electron chi connectivity index (χ1n) is 18.1. The summed E-state index contributed by atoms with van der Waals surface area (Å²) < 4.78 is 2.43. The second-order valence-corrected chi connectivity index (χ2v) is 14.5. The van der Waals surface area contributed by atoms with Gasteiger partial charge >= 0.3 is 0 Å². The molecule has 51 heavy (non-hydrogen) atoms. The molecule has 1 heterocycles. The van der Waals surface area contributed by atoms with Crippen molar-refractivity contribution in [3.05, 3.63) is 192 Å². The summed E-state index contributed by atoms with van der Waals surface area (Å²) in [5.74, 6) is 0. The van der Waals surface area contributed by atoms with Crippen LogP contribution in [0.15, 0.2) is 176 Å². The number of fused-ring (bicyclic) bond motifs is 7. The van der Waals surface area contributed by atoms with E-state index < -0.39 is 0 Å². The maximum absolute atomic E-state index is 2.47. The van der Waals surface area contributed by atoms with Crippen molar-refractivity contribution in [2.45, 2.75) is 32.1 Å². The van der Waals surface area contributed by atoms with Gasteiger partial charge in [-0.1, -0.05) is 123 Å². The zero-order valence-corrected chi connectivity index (χ0v) is 29.0. The van der Waals surface area contributed by atoms with Crippen LogP contribution >= 0.6 is 0 Å². The molecule has 0 unspecified atom stereocenters. The van der Waals surface area contributed by atoms with Gasteiger partial charge in [0.15, 0.2) is 0 Å². The molecule has 2 aliphatic carbocycles. The average Bonchev–Trinajstić information content (AvgIpc) is 3.63. The van der Waals surface area contributed by atoms with Gasteiger partial charge in [0.2, 0.25) is 0 Å². The monoisotopic (exact) mass is 654 g/mol. The molecule has 8 aromatic rings. The lowest BCUT2D eigenvalue weighted by Gasteiger charge is -2.31. The topological polar surface area (TPSA) is 8.17 Å². The van der Waals surface area contributed by atoms with Crippen LogP contribution < -0.4 is 4.90 Å². The number of rotatable bonds is 5. The molecule has 2 nitrogen and oxygen atoms in total. The fourth-order valence-electron chi connectivity index (χ4n) is 8.69. The highest BCUT2D eigenvalue weighted by Crippen LogP contribution is 2.51. The molecule has 10 rings (SSSR count). The van der Waals surface area contributed by atoms with Crippen LogP contribution in [0.2, 0.25) is 0 Å². The Morgan fingerprint density at radius 3 is 1.88 bits per heavy atom. The zero-order valence-electron chi connectivity index (χ0n) is 29.0. The number of allylic oxidation sites excluding steroid dienone is 4. The summed E-state index contributed by atoms with van der Waals surface area (Å²) in [6.07, 6.45) is 6.64. The fourth-order valence-corrected chi connectivity index (χ4v) is 8.69. The highest BCUT2D eigenvalue weighted by molar-refractivity contribution is 6.09. The van der Waals surface area contributed by atoms with Crippen molar-refractivity contribution >= 4 is 49.5 Å². The van der Waals surface area contributed by atoms with E-state index in [0.29, 0.717) is 0 Å². The van der Waals surface area contributed by atoms with Gasteiger partial charge in [0.05, 0.1) is 11.0 Å². The molecule has 0 amide bonds. The summed E-state index contributed by atoms with van der Waals surface area (Å²) in [4.78, 5) is 2.47. The van der Waals surface area contributed by atoms with E-state index in [-0.39, 0.29) is 5.41 Å². The van der Waals surface area contributed by atoms with E-state index in [0.717, 1.165) is 12.8 Å². The largest absolute Gasteiger partial charge is 0.314 e. The van der Waals surface area contributed by atoms with Gasteiger partial charge in [-0.15, -0.1) is 0 Å². The number of benzene rings is 7. The molecular weight excluding hydrogens is 617 g/mol. The molecular formula is C49H38N2. The fraction of sp³-hybridized carbons (Fsp3) is 0.102. The molecule has 0 radical (unpaired) electrons. The lowest BCUT2D eigenvalue weighted by atomic mass is 9.82. The van der Waals surface area contributed by atoms with Crippen molar-refractivity contribution in [2.24, 2.45) is 0 Å². The lowest BCUT2D eigenvalue weighted by molar-refractivity contribution is 0.660. The Morgan fingerprint density at radius 2 is 1.16 bits per heavy atom. The van der Waals surface area contributed by atoms with Crippen LogP contribution in [0.1, 0.15) is 43.4 Å². The second-order valence-electron chi connectivity index (χ2n) is 14.5. The Morgan fingerprint density at radius 1 is 0.510 bits per heavy atom. The van der Waals surface area contributed by atoms with Crippen molar-refractivity contribution in [1.29, 1.82) is 0 Å². The van der Waals surface area contributed by atoms with Crippen LogP contribution in [-0.4, -0.2) is 4.57 Å². The second kappa shape index (κ2) is 11.5. The summed E-state index contributed by atoms with van der Waals surface area (Å²) in [5.41, 5.74) is 15.3. The number of nitrogens with zero attached hydrogens (tertiary/aromatic N) is 2. The third kappa shape index (κ3) is 4.71. The Hall–Kier alpha value is -6.12. The molecule has 0 aliphatic heterocycles. The third-order valence-electron chi connectivity index (χ3n) is 11.3. The minimum absolute atomic E-state index is 0.165. The van der Waals surface area contributed by atoms with Crippen molar-refractivity contribution in [2.75, 3.05) is 4.90 Å². The van der Waals surface area contributed by atoms with Gasteiger partial charge in [-0.25, -0.2) is 0 Å². The molecule has 244 valence electrons. The minimum Gasteiger partial charge on any atom is -0.314 e. The van der Waals surface area contributed by atoms with Gasteiger partial charge in [-0.3, -0.25) is 0 Å². The number of para-hydroxylation sites is 3. The first-order chi connectivity index (χ1) is 25.0. The van der Waals surface area contributed by atoms with Crippen LogP contribution in [0, 0.1) is 0 Å². The van der Waals surface area contributed by atoms with E-state index in [2.05, 4.69) is 193 Å². The Kier molecular flexibility index (Phi) is 6.69. The van der Waals surface area contributed by atoms with Gasteiger partial charge in [0, 0.05) is 38.9 Å². The van der Waals surface area contributed by atoms with Crippen molar-refractivity contribution in [3.8, 4) is 16.8 Å². The Labute approximate surface area is 299 Å². The van der Waals surface area contributed by atoms with Gasteiger partial charge in [0.25, 0.3) is 0 Å². The summed E-state index contributed by atoms with van der Waals surface area (Å²) in [6.45, 7) is 4.78. The first-order valence-corrected chi connectivity index (χ1v) is 18.1. The van der Waals surface area contributed by atoms with Crippen molar-refractivity contribution in [3.63, 3.8) is 0 Å². The molecule has 0 saturated carbocycles. The van der Waals surface area contributed by atoms with Crippen LogP contribution in [0.3, 0.4) is 0 Å². The van der Waals surface area contributed by atoms with E-state index in [1.54, 1.807) is 0 Å². The quantitative estimate of drug-likeness (QED) is 0.179. The Bertz CT molecular complexity index is 2670. The van der Waals surface area contributed by atoms with Gasteiger partial charge in [0.1, 0.15) is 0 Å². The van der Waals surface area contributed by atoms with Crippen LogP contribution in [0.5, 0.6) is 0 Å². The van der Waals surface area contributed by atoms with Crippen molar-refractivity contribution < 1.29 is 0 Å². The first kappa shape index (κ1) is 29.8. The summed E-state index contributed by atoms with van der Waals surface area (Å²) >= 11 is 0. The predicted molar refractivity (Wildman–Crippen MR) is 216 cm³/mol. The van der Waals surface area contributed by atoms with Crippen molar-refractivity contribution in [1.82, 2.24) is 4.57 Å². The van der Waals surface area contributed by atoms with E-state index in [9.17, 15) is 0 Å². The normalized spacial score (nSPS) is 14.7. The number of hydrogen-bond acceptors (Lipinski definition) is 1. The SMILES string of the molecule is CC1(C)c2cc(N(C3=CC=C(c4ccc5ccccc5c4)CC3)c3ccccc3)ccc2-c2ccc(-n3c4ccccc4c4ccccc43)cc21. The molecule has 7 aromatic carbocycles. The van der Waals surface area contributed by atoms with Crippen LogP contribution in [-0.2, 0) is 5.41 Å². The molecule has 0 bridgehead atoms. The summed E-state index contributed by atoms with van der Waals surface area (Å²) in [5, 5.41) is 5.16. The Balaban J connectivity index is 1.05. The average molecular weight is 655 g/mol. The number of anilines is 2. The maximum atomic E-state index is 2.47. The molecule has 2 heteroatoms. The smallest absolute Gasteiger partial charge is 0.0541 e.